The third-order valence-electron chi connectivity index (χ3n) is 3.61. The summed E-state index contributed by atoms with van der Waals surface area (Å²) in [6, 6.07) is 0. The number of ether oxygens (including phenoxy) is 2. The van der Waals surface area contributed by atoms with Gasteiger partial charge in [-0.15, -0.1) is 0 Å². The summed E-state index contributed by atoms with van der Waals surface area (Å²) in [5.41, 5.74) is -6.61. The predicted molar refractivity (Wildman–Crippen MR) is 61.8 cm³/mol. The van der Waals surface area contributed by atoms with E-state index in [1.54, 1.807) is 0 Å². The molecule has 1 aliphatic heterocycles. The number of hydrogen-bond donors (Lipinski definition) is 0. The van der Waals surface area contributed by atoms with Crippen LogP contribution in [0.2, 0.25) is 0 Å². The Bertz CT molecular complexity index is 515. The summed E-state index contributed by atoms with van der Waals surface area (Å²) in [6.07, 6.45) is 2.07. The van der Waals surface area contributed by atoms with Gasteiger partial charge >= 0.3 is 15.6 Å². The molecule has 0 aromatic heterocycles. The summed E-state index contributed by atoms with van der Waals surface area (Å²) in [5.74, 6) is -1.44. The number of allylic oxidation sites excluding steroid dienone is 1. The third kappa shape index (κ3) is 2.31. The molecule has 20 heavy (non-hydrogen) atoms. The quantitative estimate of drug-likeness (QED) is 0.578. The first kappa shape index (κ1) is 15.6. The minimum atomic E-state index is -5.69. The predicted octanol–water partition coefficient (Wildman–Crippen LogP) is 2.30. The third-order valence-corrected chi connectivity index (χ3v) is 4.57. The molecule has 0 unspecified atom stereocenters. The summed E-state index contributed by atoms with van der Waals surface area (Å²) < 4.78 is 74.8. The molecule has 0 bridgehead atoms. The molecule has 0 saturated carbocycles. The van der Waals surface area contributed by atoms with E-state index in [4.69, 9.17) is 9.47 Å². The highest BCUT2D eigenvalue weighted by molar-refractivity contribution is 7.87. The molecule has 2 rings (SSSR count). The van der Waals surface area contributed by atoms with Gasteiger partial charge in [0, 0.05) is 6.42 Å². The molecule has 116 valence electrons. The number of halogens is 3. The van der Waals surface area contributed by atoms with Gasteiger partial charge in [-0.05, 0) is 26.3 Å². The molecule has 0 N–H and O–H groups in total. The van der Waals surface area contributed by atoms with Crippen molar-refractivity contribution < 1.29 is 35.2 Å². The van der Waals surface area contributed by atoms with Crippen LogP contribution in [0.25, 0.3) is 0 Å². The van der Waals surface area contributed by atoms with E-state index in [1.807, 2.05) is 0 Å². The van der Waals surface area contributed by atoms with Gasteiger partial charge in [-0.2, -0.15) is 21.6 Å². The number of hydrogen-bond acceptors (Lipinski definition) is 5. The van der Waals surface area contributed by atoms with Crippen molar-refractivity contribution in [3.8, 4) is 0 Å². The minimum Gasteiger partial charge on any atom is -0.380 e. The van der Waals surface area contributed by atoms with Crippen molar-refractivity contribution in [1.82, 2.24) is 0 Å². The van der Waals surface area contributed by atoms with Crippen molar-refractivity contribution in [2.75, 3.05) is 13.2 Å². The smallest absolute Gasteiger partial charge is 0.380 e. The van der Waals surface area contributed by atoms with E-state index in [-0.39, 0.29) is 5.76 Å². The van der Waals surface area contributed by atoms with Crippen molar-refractivity contribution in [3.63, 3.8) is 0 Å². The standard InChI is InChI=1S/C11H15F3O5S/c1-9(2)8(19-20(15,16)11(12,13)14)4-3-5-10(9)17-6-7-18-10/h4H,3,5-7H2,1-2H3. The van der Waals surface area contributed by atoms with Crippen LogP contribution in [-0.4, -0.2) is 32.9 Å². The van der Waals surface area contributed by atoms with Gasteiger partial charge < -0.3 is 13.7 Å². The van der Waals surface area contributed by atoms with Crippen LogP contribution in [0.15, 0.2) is 11.8 Å². The summed E-state index contributed by atoms with van der Waals surface area (Å²) in [6.45, 7) is 3.69. The van der Waals surface area contributed by atoms with Crippen molar-refractivity contribution in [2.24, 2.45) is 5.41 Å². The van der Waals surface area contributed by atoms with E-state index in [2.05, 4.69) is 4.18 Å². The lowest BCUT2D eigenvalue weighted by molar-refractivity contribution is -0.230. The van der Waals surface area contributed by atoms with Crippen LogP contribution >= 0.6 is 0 Å². The molecule has 0 amide bonds. The highest BCUT2D eigenvalue weighted by Gasteiger charge is 2.57. The van der Waals surface area contributed by atoms with Crippen LogP contribution in [0.3, 0.4) is 0 Å². The zero-order valence-corrected chi connectivity index (χ0v) is 11.8. The molecule has 1 saturated heterocycles. The van der Waals surface area contributed by atoms with Crippen LogP contribution in [0.4, 0.5) is 13.2 Å². The van der Waals surface area contributed by atoms with Crippen LogP contribution < -0.4 is 0 Å². The highest BCUT2D eigenvalue weighted by Crippen LogP contribution is 2.51. The Morgan fingerprint density at radius 3 is 2.30 bits per heavy atom. The van der Waals surface area contributed by atoms with E-state index in [0.29, 0.717) is 26.1 Å². The molecule has 1 heterocycles. The van der Waals surface area contributed by atoms with Gasteiger partial charge in [0.2, 0.25) is 0 Å². The fraction of sp³-hybridized carbons (Fsp3) is 0.818. The Morgan fingerprint density at radius 1 is 1.25 bits per heavy atom. The first-order valence-corrected chi connectivity index (χ1v) is 7.42. The highest BCUT2D eigenvalue weighted by atomic mass is 32.2. The second-order valence-corrected chi connectivity index (χ2v) is 6.70. The fourth-order valence-electron chi connectivity index (χ4n) is 2.41. The molecular weight excluding hydrogens is 301 g/mol. The maximum absolute atomic E-state index is 12.4. The molecule has 0 atom stereocenters. The van der Waals surface area contributed by atoms with E-state index in [1.165, 1.54) is 19.9 Å². The van der Waals surface area contributed by atoms with Gasteiger partial charge in [0.1, 0.15) is 5.76 Å². The molecule has 5 nitrogen and oxygen atoms in total. The summed E-state index contributed by atoms with van der Waals surface area (Å²) in [5, 5.41) is 0. The molecule has 0 radical (unpaired) electrons. The first-order valence-electron chi connectivity index (χ1n) is 6.01. The van der Waals surface area contributed by atoms with Gasteiger partial charge in [0.15, 0.2) is 5.79 Å². The van der Waals surface area contributed by atoms with Gasteiger partial charge in [0.05, 0.1) is 18.6 Å². The largest absolute Gasteiger partial charge is 0.534 e. The zero-order valence-electron chi connectivity index (χ0n) is 11.0. The van der Waals surface area contributed by atoms with Crippen molar-refractivity contribution in [1.29, 1.82) is 0 Å². The van der Waals surface area contributed by atoms with E-state index >= 15 is 0 Å². The molecule has 0 aromatic rings. The lowest BCUT2D eigenvalue weighted by Crippen LogP contribution is -2.50. The Balaban J connectivity index is 2.31. The van der Waals surface area contributed by atoms with Gasteiger partial charge in [0.25, 0.3) is 0 Å². The van der Waals surface area contributed by atoms with Gasteiger partial charge in [-0.3, -0.25) is 0 Å². The summed E-state index contributed by atoms with van der Waals surface area (Å²) >= 11 is 0. The van der Waals surface area contributed by atoms with E-state index < -0.39 is 26.8 Å². The van der Waals surface area contributed by atoms with Crippen LogP contribution in [-0.2, 0) is 23.8 Å². The van der Waals surface area contributed by atoms with Gasteiger partial charge in [-0.1, -0.05) is 0 Å². The topological polar surface area (TPSA) is 61.8 Å². The lowest BCUT2D eigenvalue weighted by atomic mass is 9.75. The Kier molecular flexibility index (Phi) is 3.59. The Hall–Kier alpha value is -0.800. The van der Waals surface area contributed by atoms with E-state index in [0.717, 1.165) is 0 Å². The van der Waals surface area contributed by atoms with Gasteiger partial charge in [-0.25, -0.2) is 0 Å². The van der Waals surface area contributed by atoms with E-state index in [9.17, 15) is 21.6 Å². The molecule has 1 spiro atoms. The monoisotopic (exact) mass is 316 g/mol. The Labute approximate surface area is 114 Å². The second-order valence-electron chi connectivity index (χ2n) is 5.17. The second kappa shape index (κ2) is 4.60. The molecular formula is C11H15F3O5S. The van der Waals surface area contributed by atoms with Crippen molar-refractivity contribution in [2.45, 2.75) is 38.0 Å². The maximum Gasteiger partial charge on any atom is 0.534 e. The lowest BCUT2D eigenvalue weighted by Gasteiger charge is -2.44. The van der Waals surface area contributed by atoms with Crippen LogP contribution in [0, 0.1) is 5.41 Å². The normalized spacial score (nSPS) is 25.6. The Morgan fingerprint density at radius 2 is 1.80 bits per heavy atom. The summed E-state index contributed by atoms with van der Waals surface area (Å²) in [4.78, 5) is 0. The average Bonchev–Trinajstić information content (AvgIpc) is 2.74. The average molecular weight is 316 g/mol. The molecule has 1 aliphatic carbocycles. The molecule has 2 aliphatic rings. The molecule has 0 aromatic carbocycles. The number of rotatable bonds is 2. The summed E-state index contributed by atoms with van der Waals surface area (Å²) in [7, 11) is -5.69. The first-order chi connectivity index (χ1) is 9.02. The fourth-order valence-corrected chi connectivity index (χ4v) is 3.02. The van der Waals surface area contributed by atoms with Crippen molar-refractivity contribution in [3.05, 3.63) is 11.8 Å². The zero-order chi connectivity index (χ0) is 15.2. The SMILES string of the molecule is CC1(C)C(OS(=O)(=O)C(F)(F)F)=CCCC12OCCO2. The molecule has 1 fully saturated rings. The van der Waals surface area contributed by atoms with Crippen LogP contribution in [0.5, 0.6) is 0 Å². The van der Waals surface area contributed by atoms with Crippen molar-refractivity contribution >= 4 is 10.1 Å². The van der Waals surface area contributed by atoms with Crippen LogP contribution in [0.1, 0.15) is 26.7 Å². The minimum absolute atomic E-state index is 0.303. The molecule has 9 heteroatoms. The maximum atomic E-state index is 12.4. The number of alkyl halides is 3.